The number of oxazole rings is 1. The minimum atomic E-state index is 0.474. The number of rotatable bonds is 4. The maximum atomic E-state index is 5.61. The van der Waals surface area contributed by atoms with Crippen LogP contribution in [0.15, 0.2) is 10.6 Å². The van der Waals surface area contributed by atoms with E-state index in [9.17, 15) is 0 Å². The summed E-state index contributed by atoms with van der Waals surface area (Å²) in [6.07, 6.45) is 5.30. The van der Waals surface area contributed by atoms with Crippen molar-refractivity contribution in [2.75, 3.05) is 0 Å². The first kappa shape index (κ1) is 12.6. The van der Waals surface area contributed by atoms with E-state index in [4.69, 9.17) is 4.42 Å². The van der Waals surface area contributed by atoms with Gasteiger partial charge >= 0.3 is 0 Å². The number of aromatic nitrogens is 1. The summed E-state index contributed by atoms with van der Waals surface area (Å²) in [5.74, 6) is 2.53. The summed E-state index contributed by atoms with van der Waals surface area (Å²) >= 11 is 0. The Bertz CT molecular complexity index is 370. The molecule has 1 aromatic heterocycles. The second kappa shape index (κ2) is 4.81. The largest absolute Gasteiger partial charge is 0.444 e. The van der Waals surface area contributed by atoms with Crippen molar-refractivity contribution >= 4 is 0 Å². The first-order chi connectivity index (χ1) is 8.00. The van der Waals surface area contributed by atoms with E-state index in [0.29, 0.717) is 11.5 Å². The van der Waals surface area contributed by atoms with Gasteiger partial charge in [-0.3, -0.25) is 0 Å². The van der Waals surface area contributed by atoms with Crippen LogP contribution in [-0.2, 0) is 13.0 Å². The van der Waals surface area contributed by atoms with Crippen molar-refractivity contribution in [3.05, 3.63) is 17.8 Å². The van der Waals surface area contributed by atoms with Crippen LogP contribution in [0.2, 0.25) is 0 Å². The van der Waals surface area contributed by atoms with Crippen LogP contribution in [0.5, 0.6) is 0 Å². The third-order valence-corrected chi connectivity index (χ3v) is 3.80. The normalized spacial score (nSPS) is 27.5. The predicted molar refractivity (Wildman–Crippen MR) is 68.7 cm³/mol. The molecule has 1 aliphatic rings. The molecule has 2 unspecified atom stereocenters. The van der Waals surface area contributed by atoms with Crippen LogP contribution >= 0.6 is 0 Å². The Balaban J connectivity index is 1.86. The molecule has 1 heterocycles. The van der Waals surface area contributed by atoms with Gasteiger partial charge in [0.2, 0.25) is 5.89 Å². The van der Waals surface area contributed by atoms with Crippen molar-refractivity contribution in [3.63, 3.8) is 0 Å². The van der Waals surface area contributed by atoms with Gasteiger partial charge in [0.25, 0.3) is 0 Å². The minimum Gasteiger partial charge on any atom is -0.444 e. The molecular formula is C14H24N2O. The standard InChI is InChI=1S/C14H24N2O/c1-5-11-8-16-13(17-11)9-15-12-7-14(3,4)6-10(12)2/h8,10,12,15H,5-7,9H2,1-4H3. The van der Waals surface area contributed by atoms with Crippen molar-refractivity contribution in [3.8, 4) is 0 Å². The zero-order valence-electron chi connectivity index (χ0n) is 11.4. The van der Waals surface area contributed by atoms with E-state index in [1.54, 1.807) is 0 Å². The van der Waals surface area contributed by atoms with Gasteiger partial charge in [0, 0.05) is 12.5 Å². The topological polar surface area (TPSA) is 38.1 Å². The molecule has 0 aliphatic heterocycles. The Morgan fingerprint density at radius 1 is 1.47 bits per heavy atom. The maximum Gasteiger partial charge on any atom is 0.208 e. The molecule has 2 atom stereocenters. The molecule has 2 rings (SSSR count). The van der Waals surface area contributed by atoms with Crippen LogP contribution in [0.3, 0.4) is 0 Å². The van der Waals surface area contributed by atoms with Crippen molar-refractivity contribution in [2.24, 2.45) is 11.3 Å². The average Bonchev–Trinajstić information content (AvgIpc) is 2.79. The van der Waals surface area contributed by atoms with Crippen molar-refractivity contribution in [1.29, 1.82) is 0 Å². The molecule has 0 saturated heterocycles. The lowest BCUT2D eigenvalue weighted by atomic mass is 9.91. The Hall–Kier alpha value is -0.830. The summed E-state index contributed by atoms with van der Waals surface area (Å²) in [5, 5.41) is 3.58. The van der Waals surface area contributed by atoms with Crippen molar-refractivity contribution in [1.82, 2.24) is 10.3 Å². The highest BCUT2D eigenvalue weighted by Crippen LogP contribution is 2.40. The summed E-state index contributed by atoms with van der Waals surface area (Å²) < 4.78 is 5.61. The molecule has 3 heteroatoms. The first-order valence-corrected chi connectivity index (χ1v) is 6.67. The molecule has 1 N–H and O–H groups in total. The third kappa shape index (κ3) is 3.09. The molecule has 0 bridgehead atoms. The fourth-order valence-corrected chi connectivity index (χ4v) is 2.98. The maximum absolute atomic E-state index is 5.61. The van der Waals surface area contributed by atoms with Gasteiger partial charge in [-0.2, -0.15) is 0 Å². The van der Waals surface area contributed by atoms with Crippen LogP contribution < -0.4 is 5.32 Å². The van der Waals surface area contributed by atoms with Gasteiger partial charge in [-0.1, -0.05) is 27.7 Å². The number of hydrogen-bond acceptors (Lipinski definition) is 3. The van der Waals surface area contributed by atoms with Crippen molar-refractivity contribution in [2.45, 2.75) is 59.5 Å². The third-order valence-electron chi connectivity index (χ3n) is 3.80. The molecule has 0 spiro atoms. The summed E-state index contributed by atoms with van der Waals surface area (Å²) in [5.41, 5.74) is 0.474. The van der Waals surface area contributed by atoms with Crippen LogP contribution in [0.4, 0.5) is 0 Å². The average molecular weight is 236 g/mol. The molecule has 3 nitrogen and oxygen atoms in total. The quantitative estimate of drug-likeness (QED) is 0.872. The minimum absolute atomic E-state index is 0.474. The Labute approximate surface area is 104 Å². The van der Waals surface area contributed by atoms with Gasteiger partial charge in [0.1, 0.15) is 5.76 Å². The SMILES string of the molecule is CCc1cnc(CNC2CC(C)(C)CC2C)o1. The number of hydrogen-bond donors (Lipinski definition) is 1. The number of nitrogens with one attached hydrogen (secondary N) is 1. The van der Waals surface area contributed by atoms with Crippen molar-refractivity contribution < 1.29 is 4.42 Å². The second-order valence-electron chi connectivity index (χ2n) is 6.11. The summed E-state index contributed by atoms with van der Waals surface area (Å²) in [6.45, 7) is 9.88. The Morgan fingerprint density at radius 3 is 2.76 bits per heavy atom. The van der Waals surface area contributed by atoms with E-state index in [-0.39, 0.29) is 0 Å². The highest BCUT2D eigenvalue weighted by atomic mass is 16.4. The highest BCUT2D eigenvalue weighted by molar-refractivity contribution is 4.95. The van der Waals surface area contributed by atoms with Gasteiger partial charge < -0.3 is 9.73 Å². The predicted octanol–water partition coefficient (Wildman–Crippen LogP) is 3.15. The van der Waals surface area contributed by atoms with E-state index < -0.39 is 0 Å². The Morgan fingerprint density at radius 2 is 2.24 bits per heavy atom. The van der Waals surface area contributed by atoms with Gasteiger partial charge in [0.05, 0.1) is 12.7 Å². The van der Waals surface area contributed by atoms with Crippen LogP contribution in [-0.4, -0.2) is 11.0 Å². The van der Waals surface area contributed by atoms with E-state index in [1.165, 1.54) is 12.8 Å². The lowest BCUT2D eigenvalue weighted by Crippen LogP contribution is -2.31. The molecular weight excluding hydrogens is 212 g/mol. The highest BCUT2D eigenvalue weighted by Gasteiger charge is 2.36. The van der Waals surface area contributed by atoms with E-state index >= 15 is 0 Å². The fraction of sp³-hybridized carbons (Fsp3) is 0.786. The second-order valence-corrected chi connectivity index (χ2v) is 6.11. The molecule has 96 valence electrons. The molecule has 1 fully saturated rings. The van der Waals surface area contributed by atoms with Gasteiger partial charge in [-0.05, 0) is 24.2 Å². The van der Waals surface area contributed by atoms with Gasteiger partial charge in [-0.25, -0.2) is 4.98 Å². The Kier molecular flexibility index (Phi) is 3.57. The first-order valence-electron chi connectivity index (χ1n) is 6.67. The number of nitrogens with zero attached hydrogens (tertiary/aromatic N) is 1. The summed E-state index contributed by atoms with van der Waals surface area (Å²) in [4.78, 5) is 4.28. The van der Waals surface area contributed by atoms with Crippen LogP contribution in [0.1, 0.15) is 52.2 Å². The molecule has 0 amide bonds. The van der Waals surface area contributed by atoms with E-state index in [0.717, 1.165) is 30.5 Å². The molecule has 17 heavy (non-hydrogen) atoms. The van der Waals surface area contributed by atoms with Gasteiger partial charge in [-0.15, -0.1) is 0 Å². The smallest absolute Gasteiger partial charge is 0.208 e. The number of aryl methyl sites for hydroxylation is 1. The molecule has 1 saturated carbocycles. The van der Waals surface area contributed by atoms with Crippen LogP contribution in [0, 0.1) is 11.3 Å². The molecule has 1 aromatic rings. The monoisotopic (exact) mass is 236 g/mol. The molecule has 0 radical (unpaired) electrons. The summed E-state index contributed by atoms with van der Waals surface area (Å²) in [7, 11) is 0. The molecule has 0 aromatic carbocycles. The van der Waals surface area contributed by atoms with E-state index in [1.807, 2.05) is 6.20 Å². The fourth-order valence-electron chi connectivity index (χ4n) is 2.98. The van der Waals surface area contributed by atoms with Gasteiger partial charge in [0.15, 0.2) is 0 Å². The van der Waals surface area contributed by atoms with Crippen LogP contribution in [0.25, 0.3) is 0 Å². The lowest BCUT2D eigenvalue weighted by molar-refractivity contribution is 0.356. The zero-order valence-corrected chi connectivity index (χ0v) is 11.4. The lowest BCUT2D eigenvalue weighted by Gasteiger charge is -2.17. The molecule has 1 aliphatic carbocycles. The summed E-state index contributed by atoms with van der Waals surface area (Å²) in [6, 6.07) is 0.599. The van der Waals surface area contributed by atoms with E-state index in [2.05, 4.69) is 38.0 Å². The zero-order chi connectivity index (χ0) is 12.5.